The first-order valence-corrected chi connectivity index (χ1v) is 15.3. The highest BCUT2D eigenvalue weighted by Gasteiger charge is 2.25. The highest BCUT2D eigenvalue weighted by atomic mass is 32.2. The Morgan fingerprint density at radius 1 is 0.875 bits per heavy atom. The molecule has 3 aromatic rings. The molecule has 1 aliphatic heterocycles. The lowest BCUT2D eigenvalue weighted by atomic mass is 9.84. The lowest BCUT2D eigenvalue weighted by Gasteiger charge is -2.36. The Morgan fingerprint density at radius 2 is 1.55 bits per heavy atom. The number of ether oxygens (including phenoxy) is 1. The molecule has 1 N–H and O–H groups in total. The number of nitrogens with one attached hydrogen (secondary N) is 1. The SMILES string of the molecule is CCOc1cccc(-c2cc(C(=O)N3CCN(c4ccc(C(=O)NS(C)(=O)=O)cc4)CC3)cc(C(C)(C)C)c2)c1. The minimum Gasteiger partial charge on any atom is -0.494 e. The molecule has 8 nitrogen and oxygen atoms in total. The summed E-state index contributed by atoms with van der Waals surface area (Å²) in [6.07, 6.45) is 0.945. The number of carbonyl (C=O) groups is 2. The third-order valence-electron chi connectivity index (χ3n) is 6.86. The van der Waals surface area contributed by atoms with Crippen LogP contribution in [0.3, 0.4) is 0 Å². The van der Waals surface area contributed by atoms with Gasteiger partial charge in [-0.2, -0.15) is 0 Å². The number of piperazine rings is 1. The molecular weight excluding hydrogens is 526 g/mol. The Balaban J connectivity index is 1.49. The van der Waals surface area contributed by atoms with Gasteiger partial charge in [0.05, 0.1) is 12.9 Å². The molecule has 40 heavy (non-hydrogen) atoms. The second-order valence-electron chi connectivity index (χ2n) is 11.0. The minimum absolute atomic E-state index is 0.000701. The van der Waals surface area contributed by atoms with E-state index in [0.29, 0.717) is 38.3 Å². The zero-order chi connectivity index (χ0) is 29.1. The zero-order valence-electron chi connectivity index (χ0n) is 23.7. The maximum atomic E-state index is 13.7. The van der Waals surface area contributed by atoms with Gasteiger partial charge in [-0.1, -0.05) is 39.0 Å². The van der Waals surface area contributed by atoms with Crippen molar-refractivity contribution in [1.82, 2.24) is 9.62 Å². The summed E-state index contributed by atoms with van der Waals surface area (Å²) in [6.45, 7) is 11.4. The number of sulfonamides is 1. The standard InChI is InChI=1S/C31H37N3O5S/c1-6-39-28-9-7-8-23(21-28)24-18-25(20-26(19-24)31(2,3)4)30(36)34-16-14-33(15-17-34)27-12-10-22(11-13-27)29(35)32-40(5,37)38/h7-13,18-21H,6,14-17H2,1-5H3,(H,32,35). The van der Waals surface area contributed by atoms with Gasteiger partial charge in [-0.05, 0) is 77.6 Å². The molecule has 1 heterocycles. The van der Waals surface area contributed by atoms with Crippen molar-refractivity contribution in [1.29, 1.82) is 0 Å². The molecule has 4 rings (SSSR count). The van der Waals surface area contributed by atoms with Crippen molar-refractivity contribution in [3.8, 4) is 16.9 Å². The van der Waals surface area contributed by atoms with Crippen molar-refractivity contribution in [2.24, 2.45) is 0 Å². The molecular formula is C31H37N3O5S. The lowest BCUT2D eigenvalue weighted by Crippen LogP contribution is -2.48. The third-order valence-corrected chi connectivity index (χ3v) is 7.42. The molecule has 0 spiro atoms. The van der Waals surface area contributed by atoms with E-state index >= 15 is 0 Å². The number of carbonyl (C=O) groups excluding carboxylic acids is 2. The summed E-state index contributed by atoms with van der Waals surface area (Å²) in [5.41, 5.74) is 4.79. The van der Waals surface area contributed by atoms with Gasteiger partial charge in [-0.15, -0.1) is 0 Å². The first kappa shape index (κ1) is 29.1. The molecule has 0 saturated carbocycles. The molecule has 1 fully saturated rings. The van der Waals surface area contributed by atoms with Crippen molar-refractivity contribution < 1.29 is 22.7 Å². The molecule has 0 radical (unpaired) electrons. The van der Waals surface area contributed by atoms with Crippen molar-refractivity contribution >= 4 is 27.5 Å². The Hall–Kier alpha value is -3.85. The molecule has 0 atom stereocenters. The fourth-order valence-corrected chi connectivity index (χ4v) is 5.14. The molecule has 2 amide bonds. The van der Waals surface area contributed by atoms with Crippen LogP contribution in [0.15, 0.2) is 66.7 Å². The third kappa shape index (κ3) is 7.21. The number of hydrogen-bond acceptors (Lipinski definition) is 6. The van der Waals surface area contributed by atoms with Crippen LogP contribution in [-0.2, 0) is 15.4 Å². The van der Waals surface area contributed by atoms with E-state index in [9.17, 15) is 18.0 Å². The number of hydrogen-bond donors (Lipinski definition) is 1. The average molecular weight is 564 g/mol. The monoisotopic (exact) mass is 563 g/mol. The Morgan fingerprint density at radius 3 is 2.15 bits per heavy atom. The molecule has 0 aromatic heterocycles. The molecule has 1 aliphatic rings. The summed E-state index contributed by atoms with van der Waals surface area (Å²) in [4.78, 5) is 29.8. The Bertz CT molecular complexity index is 1490. The van der Waals surface area contributed by atoms with E-state index in [-0.39, 0.29) is 16.9 Å². The van der Waals surface area contributed by atoms with Crippen LogP contribution in [0.5, 0.6) is 5.75 Å². The van der Waals surface area contributed by atoms with E-state index in [1.54, 1.807) is 24.3 Å². The topological polar surface area (TPSA) is 96.0 Å². The number of amides is 2. The fourth-order valence-electron chi connectivity index (χ4n) is 4.68. The first-order valence-electron chi connectivity index (χ1n) is 13.4. The summed E-state index contributed by atoms with van der Waals surface area (Å²) in [6, 6.07) is 20.9. The van der Waals surface area contributed by atoms with Crippen LogP contribution in [0.1, 0.15) is 54.0 Å². The van der Waals surface area contributed by atoms with Gasteiger partial charge in [0.2, 0.25) is 10.0 Å². The van der Waals surface area contributed by atoms with Gasteiger partial charge in [0.1, 0.15) is 5.75 Å². The van der Waals surface area contributed by atoms with Crippen LogP contribution in [0.2, 0.25) is 0 Å². The highest BCUT2D eigenvalue weighted by Crippen LogP contribution is 2.32. The normalized spacial score (nSPS) is 14.1. The Labute approximate surface area is 237 Å². The van der Waals surface area contributed by atoms with Crippen LogP contribution >= 0.6 is 0 Å². The largest absolute Gasteiger partial charge is 0.494 e. The maximum absolute atomic E-state index is 13.7. The molecule has 0 bridgehead atoms. The van der Waals surface area contributed by atoms with E-state index < -0.39 is 15.9 Å². The highest BCUT2D eigenvalue weighted by molar-refractivity contribution is 7.89. The van der Waals surface area contributed by atoms with Crippen LogP contribution in [-0.4, -0.2) is 64.2 Å². The van der Waals surface area contributed by atoms with E-state index in [4.69, 9.17) is 4.74 Å². The lowest BCUT2D eigenvalue weighted by molar-refractivity contribution is 0.0746. The quantitative estimate of drug-likeness (QED) is 0.448. The predicted octanol–water partition coefficient (Wildman–Crippen LogP) is 4.70. The van der Waals surface area contributed by atoms with E-state index in [0.717, 1.165) is 34.4 Å². The van der Waals surface area contributed by atoms with E-state index in [2.05, 4.69) is 31.7 Å². The van der Waals surface area contributed by atoms with Crippen LogP contribution in [0.4, 0.5) is 5.69 Å². The molecule has 9 heteroatoms. The van der Waals surface area contributed by atoms with Gasteiger partial charge in [-0.3, -0.25) is 9.59 Å². The van der Waals surface area contributed by atoms with Gasteiger partial charge in [0.25, 0.3) is 11.8 Å². The van der Waals surface area contributed by atoms with Gasteiger partial charge < -0.3 is 14.5 Å². The van der Waals surface area contributed by atoms with Gasteiger partial charge in [0.15, 0.2) is 0 Å². The minimum atomic E-state index is -3.63. The number of benzene rings is 3. The molecule has 212 valence electrons. The average Bonchev–Trinajstić information content (AvgIpc) is 2.91. The zero-order valence-corrected chi connectivity index (χ0v) is 24.5. The summed E-state index contributed by atoms with van der Waals surface area (Å²) < 4.78 is 30.3. The predicted molar refractivity (Wildman–Crippen MR) is 159 cm³/mol. The second-order valence-corrected chi connectivity index (χ2v) is 12.8. The number of anilines is 1. The second kappa shape index (κ2) is 11.7. The van der Waals surface area contributed by atoms with Crippen LogP contribution in [0.25, 0.3) is 11.1 Å². The number of rotatable bonds is 7. The summed E-state index contributed by atoms with van der Waals surface area (Å²) in [5.74, 6) is 0.140. The summed E-state index contributed by atoms with van der Waals surface area (Å²) >= 11 is 0. The van der Waals surface area contributed by atoms with Gasteiger partial charge in [-0.25, -0.2) is 13.1 Å². The summed E-state index contributed by atoms with van der Waals surface area (Å²) in [5, 5.41) is 0. The van der Waals surface area contributed by atoms with Crippen molar-refractivity contribution in [3.63, 3.8) is 0 Å². The van der Waals surface area contributed by atoms with Crippen LogP contribution < -0.4 is 14.4 Å². The van der Waals surface area contributed by atoms with Crippen molar-refractivity contribution in [2.45, 2.75) is 33.1 Å². The first-order chi connectivity index (χ1) is 18.8. The smallest absolute Gasteiger partial charge is 0.264 e. The van der Waals surface area contributed by atoms with E-state index in [1.165, 1.54) is 0 Å². The fraction of sp³-hybridized carbons (Fsp3) is 0.355. The Kier molecular flexibility index (Phi) is 8.54. The number of nitrogens with zero attached hydrogens (tertiary/aromatic N) is 2. The molecule has 0 aliphatic carbocycles. The molecule has 0 unspecified atom stereocenters. The van der Waals surface area contributed by atoms with Crippen molar-refractivity contribution in [2.75, 3.05) is 43.9 Å². The van der Waals surface area contributed by atoms with E-state index in [1.807, 2.05) is 52.9 Å². The van der Waals surface area contributed by atoms with Gasteiger partial charge >= 0.3 is 0 Å². The molecule has 3 aromatic carbocycles. The van der Waals surface area contributed by atoms with Crippen LogP contribution in [0, 0.1) is 0 Å². The van der Waals surface area contributed by atoms with Crippen molar-refractivity contribution in [3.05, 3.63) is 83.4 Å². The van der Waals surface area contributed by atoms with Gasteiger partial charge in [0, 0.05) is 43.0 Å². The summed E-state index contributed by atoms with van der Waals surface area (Å²) in [7, 11) is -3.63. The molecule has 1 saturated heterocycles. The maximum Gasteiger partial charge on any atom is 0.264 e.